The van der Waals surface area contributed by atoms with Crippen LogP contribution in [0.25, 0.3) is 0 Å². The van der Waals surface area contributed by atoms with Gasteiger partial charge in [-0.25, -0.2) is 4.79 Å². The maximum Gasteiger partial charge on any atom is 0.336 e. The molecule has 0 aromatic heterocycles. The van der Waals surface area contributed by atoms with Crippen LogP contribution >= 0.6 is 12.6 Å². The minimum Gasteiger partial charge on any atom is -0.478 e. The van der Waals surface area contributed by atoms with Crippen molar-refractivity contribution >= 4 is 18.6 Å². The standard InChI is InChI=1S/C24H51N.C7H6O2S/c1-4-7-10-13-16-19-22-25(23-20-17-14-11-8-5-2)24-21-18-15-12-9-6-3;8-7(9)5-3-1-2-4-6(5)10/h4-24H2,1-3H3;1-4,10H,(H,8,9). The fourth-order valence-electron chi connectivity index (χ4n) is 4.34. The maximum atomic E-state index is 10.4. The second kappa shape index (κ2) is 26.1. The van der Waals surface area contributed by atoms with E-state index >= 15 is 0 Å². The van der Waals surface area contributed by atoms with Gasteiger partial charge in [0.05, 0.1) is 5.56 Å². The largest absolute Gasteiger partial charge is 0.478 e. The Kier molecular flexibility index (Phi) is 25.3. The van der Waals surface area contributed by atoms with Gasteiger partial charge in [-0.3, -0.25) is 0 Å². The quantitative estimate of drug-likeness (QED) is 0.121. The first-order chi connectivity index (χ1) is 17.1. The van der Waals surface area contributed by atoms with Crippen molar-refractivity contribution in [2.75, 3.05) is 19.6 Å². The van der Waals surface area contributed by atoms with Gasteiger partial charge in [0.1, 0.15) is 0 Å². The minimum absolute atomic E-state index is 0.242. The number of benzene rings is 1. The van der Waals surface area contributed by atoms with Crippen LogP contribution in [0.1, 0.15) is 147 Å². The number of carbonyl (C=O) groups is 1. The van der Waals surface area contributed by atoms with Gasteiger partial charge in [0.15, 0.2) is 0 Å². The first kappa shape index (κ1) is 34.0. The van der Waals surface area contributed by atoms with Crippen LogP contribution in [0.5, 0.6) is 0 Å². The van der Waals surface area contributed by atoms with Gasteiger partial charge < -0.3 is 10.0 Å². The lowest BCUT2D eigenvalue weighted by Crippen LogP contribution is -2.27. The van der Waals surface area contributed by atoms with E-state index in [4.69, 9.17) is 5.11 Å². The van der Waals surface area contributed by atoms with Gasteiger partial charge in [-0.15, -0.1) is 12.6 Å². The fraction of sp³-hybridized carbons (Fsp3) is 0.774. The van der Waals surface area contributed by atoms with Crippen LogP contribution in [0.3, 0.4) is 0 Å². The van der Waals surface area contributed by atoms with Crippen molar-refractivity contribution in [1.29, 1.82) is 0 Å². The van der Waals surface area contributed by atoms with Crippen LogP contribution in [0.4, 0.5) is 0 Å². The molecule has 0 aliphatic heterocycles. The predicted molar refractivity (Wildman–Crippen MR) is 157 cm³/mol. The Morgan fingerprint density at radius 3 is 1.29 bits per heavy atom. The molecule has 1 N–H and O–H groups in total. The second-order valence-electron chi connectivity index (χ2n) is 9.97. The lowest BCUT2D eigenvalue weighted by atomic mass is 10.1. The van der Waals surface area contributed by atoms with Crippen molar-refractivity contribution in [2.45, 2.75) is 141 Å². The summed E-state index contributed by atoms with van der Waals surface area (Å²) in [5.74, 6) is -0.939. The highest BCUT2D eigenvalue weighted by Crippen LogP contribution is 2.12. The molecule has 0 unspecified atom stereocenters. The van der Waals surface area contributed by atoms with E-state index < -0.39 is 5.97 Å². The summed E-state index contributed by atoms with van der Waals surface area (Å²) in [6.45, 7) is 11.0. The molecule has 0 heterocycles. The molecular formula is C31H57NO2S. The van der Waals surface area contributed by atoms with Crippen LogP contribution in [0, 0.1) is 0 Å². The molecule has 0 radical (unpaired) electrons. The molecule has 1 aromatic rings. The summed E-state index contributed by atoms with van der Waals surface area (Å²) in [6, 6.07) is 6.58. The van der Waals surface area contributed by atoms with E-state index in [-0.39, 0.29) is 5.56 Å². The van der Waals surface area contributed by atoms with E-state index in [2.05, 4.69) is 38.3 Å². The molecule has 3 nitrogen and oxygen atoms in total. The zero-order valence-electron chi connectivity index (χ0n) is 23.4. The molecule has 0 atom stereocenters. The molecule has 0 spiro atoms. The van der Waals surface area contributed by atoms with E-state index in [1.165, 1.54) is 141 Å². The number of carboxylic acid groups (broad SMARTS) is 1. The van der Waals surface area contributed by atoms with E-state index in [0.717, 1.165) is 0 Å². The van der Waals surface area contributed by atoms with Gasteiger partial charge in [-0.2, -0.15) is 0 Å². The summed E-state index contributed by atoms with van der Waals surface area (Å²) in [6.07, 6.45) is 25.7. The molecule has 0 saturated heterocycles. The number of hydrogen-bond acceptors (Lipinski definition) is 3. The Morgan fingerprint density at radius 1 is 0.629 bits per heavy atom. The van der Waals surface area contributed by atoms with Gasteiger partial charge in [-0.05, 0) is 51.0 Å². The highest BCUT2D eigenvalue weighted by Gasteiger charge is 2.05. The number of hydrogen-bond donors (Lipinski definition) is 2. The van der Waals surface area contributed by atoms with Gasteiger partial charge >= 0.3 is 5.97 Å². The second-order valence-corrected chi connectivity index (χ2v) is 10.4. The monoisotopic (exact) mass is 507 g/mol. The summed E-state index contributed by atoms with van der Waals surface area (Å²) in [5, 5.41) is 8.52. The van der Waals surface area contributed by atoms with Crippen LogP contribution < -0.4 is 0 Å². The Morgan fingerprint density at radius 2 is 0.971 bits per heavy atom. The third-order valence-corrected chi connectivity index (χ3v) is 7.01. The Labute approximate surface area is 223 Å². The van der Waals surface area contributed by atoms with Crippen molar-refractivity contribution in [3.63, 3.8) is 0 Å². The zero-order chi connectivity index (χ0) is 26.0. The van der Waals surface area contributed by atoms with E-state index in [1.54, 1.807) is 18.2 Å². The SMILES string of the molecule is CCCCCCCCN(CCCCCCCC)CCCCCCCC.O=C(O)c1ccccc1S. The number of thiol groups is 1. The maximum absolute atomic E-state index is 10.4. The van der Waals surface area contributed by atoms with E-state index in [1.807, 2.05) is 0 Å². The molecule has 0 bridgehead atoms. The third-order valence-electron chi connectivity index (χ3n) is 6.62. The van der Waals surface area contributed by atoms with Crippen LogP contribution in [-0.2, 0) is 0 Å². The molecule has 0 amide bonds. The minimum atomic E-state index is -0.939. The smallest absolute Gasteiger partial charge is 0.336 e. The van der Waals surface area contributed by atoms with Crippen molar-refractivity contribution in [3.8, 4) is 0 Å². The van der Waals surface area contributed by atoms with Gasteiger partial charge in [0.25, 0.3) is 0 Å². The van der Waals surface area contributed by atoms with Crippen LogP contribution in [0.15, 0.2) is 29.2 Å². The summed E-state index contributed by atoms with van der Waals surface area (Å²) >= 11 is 3.96. The Balaban J connectivity index is 0.000000952. The molecule has 0 aliphatic rings. The highest BCUT2D eigenvalue weighted by molar-refractivity contribution is 7.80. The molecule has 35 heavy (non-hydrogen) atoms. The molecule has 1 aromatic carbocycles. The summed E-state index contributed by atoms with van der Waals surface area (Å²) in [7, 11) is 0. The highest BCUT2D eigenvalue weighted by atomic mass is 32.1. The fourth-order valence-corrected chi connectivity index (χ4v) is 4.59. The molecule has 4 heteroatoms. The van der Waals surface area contributed by atoms with Crippen LogP contribution in [-0.4, -0.2) is 35.6 Å². The first-order valence-electron chi connectivity index (χ1n) is 14.8. The number of rotatable bonds is 22. The van der Waals surface area contributed by atoms with Gasteiger partial charge in [-0.1, -0.05) is 129 Å². The molecule has 0 aliphatic carbocycles. The molecule has 0 fully saturated rings. The molecular weight excluding hydrogens is 450 g/mol. The summed E-state index contributed by atoms with van der Waals surface area (Å²) < 4.78 is 0. The van der Waals surface area contributed by atoms with Crippen molar-refractivity contribution in [2.24, 2.45) is 0 Å². The molecule has 0 saturated carbocycles. The number of nitrogens with zero attached hydrogens (tertiary/aromatic N) is 1. The number of unbranched alkanes of at least 4 members (excludes halogenated alkanes) is 15. The predicted octanol–water partition coefficient (Wildman–Crippen LogP) is 10.0. The normalized spacial score (nSPS) is 10.9. The topological polar surface area (TPSA) is 40.5 Å². The average molecular weight is 508 g/mol. The Hall–Kier alpha value is -1.00. The zero-order valence-corrected chi connectivity index (χ0v) is 24.3. The lowest BCUT2D eigenvalue weighted by Gasteiger charge is -2.22. The van der Waals surface area contributed by atoms with Crippen molar-refractivity contribution in [3.05, 3.63) is 29.8 Å². The molecule has 1 rings (SSSR count). The summed E-state index contributed by atoms with van der Waals surface area (Å²) in [4.78, 5) is 13.7. The number of carboxylic acids is 1. The van der Waals surface area contributed by atoms with Crippen LogP contribution in [0.2, 0.25) is 0 Å². The lowest BCUT2D eigenvalue weighted by molar-refractivity contribution is 0.0693. The van der Waals surface area contributed by atoms with Gasteiger partial charge in [0.2, 0.25) is 0 Å². The Bertz CT molecular complexity index is 555. The first-order valence-corrected chi connectivity index (χ1v) is 15.2. The third kappa shape index (κ3) is 22.0. The van der Waals surface area contributed by atoms with E-state index in [9.17, 15) is 4.79 Å². The average Bonchev–Trinajstić information content (AvgIpc) is 2.85. The van der Waals surface area contributed by atoms with Crippen molar-refractivity contribution in [1.82, 2.24) is 4.90 Å². The number of aromatic carboxylic acids is 1. The van der Waals surface area contributed by atoms with Gasteiger partial charge in [0, 0.05) is 4.90 Å². The summed E-state index contributed by atoms with van der Waals surface area (Å²) in [5.41, 5.74) is 0.242. The molecule has 204 valence electrons. The van der Waals surface area contributed by atoms with E-state index in [0.29, 0.717) is 4.90 Å². The van der Waals surface area contributed by atoms with Crippen molar-refractivity contribution < 1.29 is 9.90 Å².